The van der Waals surface area contributed by atoms with Gasteiger partial charge in [0.05, 0.1) is 12.5 Å². The van der Waals surface area contributed by atoms with Gasteiger partial charge < -0.3 is 14.5 Å². The lowest BCUT2D eigenvalue weighted by atomic mass is 9.94. The van der Waals surface area contributed by atoms with Crippen molar-refractivity contribution in [1.29, 1.82) is 0 Å². The monoisotopic (exact) mass is 497 g/mol. The number of methoxy groups -OCH3 is 1. The summed E-state index contributed by atoms with van der Waals surface area (Å²) in [6.45, 7) is 4.74. The topological polar surface area (TPSA) is 71.5 Å². The highest BCUT2D eigenvalue weighted by Crippen LogP contribution is 2.46. The van der Waals surface area contributed by atoms with Gasteiger partial charge in [-0.25, -0.2) is 4.39 Å². The normalized spacial score (nSPS) is 17.4. The van der Waals surface area contributed by atoms with Crippen LogP contribution >= 0.6 is 0 Å². The second-order valence-electron chi connectivity index (χ2n) is 9.78. The molecular weight excluding hydrogens is 469 g/mol. The standard InChI is InChI=1S/C29H28FN5O2/c1-4-23(36)35-14-13-19(16-35)34(2)28-22-15-31-26(25(30)27(22)32-29(33-28)37-3)21-10-6-8-18-7-5-9-20(24(18)21)17-11-12-17/h4-10,15,17,19H,1,11-14,16H2,2-3H3. The highest BCUT2D eigenvalue weighted by atomic mass is 19.1. The fourth-order valence-electron chi connectivity index (χ4n) is 5.43. The Kier molecular flexibility index (Phi) is 5.74. The first kappa shape index (κ1) is 23.3. The molecule has 1 aliphatic carbocycles. The third-order valence-corrected chi connectivity index (χ3v) is 7.57. The van der Waals surface area contributed by atoms with Crippen LogP contribution < -0.4 is 9.64 Å². The van der Waals surface area contributed by atoms with E-state index in [0.29, 0.717) is 30.2 Å². The van der Waals surface area contributed by atoms with Gasteiger partial charge in [0.1, 0.15) is 17.0 Å². The predicted molar refractivity (Wildman–Crippen MR) is 142 cm³/mol. The Labute approximate surface area is 214 Å². The van der Waals surface area contributed by atoms with Gasteiger partial charge in [-0.15, -0.1) is 0 Å². The van der Waals surface area contributed by atoms with Gasteiger partial charge in [0.15, 0.2) is 5.82 Å². The van der Waals surface area contributed by atoms with E-state index in [9.17, 15) is 4.79 Å². The van der Waals surface area contributed by atoms with Gasteiger partial charge in [-0.3, -0.25) is 9.78 Å². The van der Waals surface area contributed by atoms with Crippen LogP contribution in [-0.4, -0.2) is 59.0 Å². The van der Waals surface area contributed by atoms with E-state index in [1.165, 1.54) is 18.7 Å². The molecule has 1 saturated carbocycles. The summed E-state index contributed by atoms with van der Waals surface area (Å²) in [5.74, 6) is 0.434. The van der Waals surface area contributed by atoms with Crippen LogP contribution in [0.2, 0.25) is 0 Å². The second-order valence-corrected chi connectivity index (χ2v) is 9.78. The highest BCUT2D eigenvalue weighted by molar-refractivity contribution is 6.01. The van der Waals surface area contributed by atoms with E-state index in [2.05, 4.69) is 45.8 Å². The lowest BCUT2D eigenvalue weighted by molar-refractivity contribution is -0.125. The van der Waals surface area contributed by atoms with E-state index < -0.39 is 5.82 Å². The van der Waals surface area contributed by atoms with Crippen LogP contribution in [0.3, 0.4) is 0 Å². The number of carbonyl (C=O) groups excluding carboxylic acids is 1. The number of amides is 1. The summed E-state index contributed by atoms with van der Waals surface area (Å²) in [5, 5.41) is 2.62. The van der Waals surface area contributed by atoms with Crippen LogP contribution in [0, 0.1) is 5.82 Å². The molecule has 188 valence electrons. The number of hydrogen-bond acceptors (Lipinski definition) is 6. The van der Waals surface area contributed by atoms with Crippen molar-refractivity contribution in [3.8, 4) is 17.3 Å². The van der Waals surface area contributed by atoms with E-state index in [0.717, 1.165) is 35.6 Å². The van der Waals surface area contributed by atoms with Crippen molar-refractivity contribution in [3.05, 3.63) is 66.6 Å². The van der Waals surface area contributed by atoms with E-state index in [1.807, 2.05) is 24.1 Å². The third-order valence-electron chi connectivity index (χ3n) is 7.57. The fraction of sp³-hybridized carbons (Fsp3) is 0.310. The molecule has 1 unspecified atom stereocenters. The number of rotatable bonds is 6. The van der Waals surface area contributed by atoms with Crippen LogP contribution in [-0.2, 0) is 4.79 Å². The summed E-state index contributed by atoms with van der Waals surface area (Å²) in [6.07, 6.45) is 6.04. The van der Waals surface area contributed by atoms with Gasteiger partial charge in [0, 0.05) is 37.9 Å². The molecule has 2 fully saturated rings. The van der Waals surface area contributed by atoms with Crippen molar-refractivity contribution in [2.75, 3.05) is 32.1 Å². The van der Waals surface area contributed by atoms with E-state index in [-0.39, 0.29) is 29.2 Å². The Morgan fingerprint density at radius 3 is 2.70 bits per heavy atom. The first-order valence-electron chi connectivity index (χ1n) is 12.6. The van der Waals surface area contributed by atoms with E-state index >= 15 is 4.39 Å². The van der Waals surface area contributed by atoms with Crippen molar-refractivity contribution in [2.45, 2.75) is 31.2 Å². The summed E-state index contributed by atoms with van der Waals surface area (Å²) in [4.78, 5) is 29.4. The molecule has 3 heterocycles. The molecule has 2 aromatic heterocycles. The molecule has 8 heteroatoms. The fourth-order valence-corrected chi connectivity index (χ4v) is 5.43. The zero-order chi connectivity index (χ0) is 25.7. The Morgan fingerprint density at radius 1 is 1.19 bits per heavy atom. The minimum Gasteiger partial charge on any atom is -0.467 e. The van der Waals surface area contributed by atoms with Gasteiger partial charge in [-0.2, -0.15) is 9.97 Å². The highest BCUT2D eigenvalue weighted by Gasteiger charge is 2.31. The van der Waals surface area contributed by atoms with Gasteiger partial charge >= 0.3 is 6.01 Å². The molecule has 0 radical (unpaired) electrons. The molecule has 2 aliphatic rings. The molecule has 0 spiro atoms. The first-order chi connectivity index (χ1) is 18.0. The van der Waals surface area contributed by atoms with Gasteiger partial charge in [-0.05, 0) is 47.6 Å². The smallest absolute Gasteiger partial charge is 0.318 e. The van der Waals surface area contributed by atoms with Crippen molar-refractivity contribution in [2.24, 2.45) is 0 Å². The summed E-state index contributed by atoms with van der Waals surface area (Å²) < 4.78 is 21.7. The lowest BCUT2D eigenvalue weighted by Gasteiger charge is -2.27. The number of likely N-dealkylation sites (N-methyl/N-ethyl adjacent to an activating group) is 1. The number of aromatic nitrogens is 3. The zero-order valence-corrected chi connectivity index (χ0v) is 20.9. The summed E-state index contributed by atoms with van der Waals surface area (Å²) in [5.41, 5.74) is 2.44. The van der Waals surface area contributed by atoms with Gasteiger partial charge in [0.25, 0.3) is 0 Å². The Hall–Kier alpha value is -4.07. The van der Waals surface area contributed by atoms with Gasteiger partial charge in [0.2, 0.25) is 5.91 Å². The van der Waals surface area contributed by atoms with Crippen molar-refractivity contribution in [1.82, 2.24) is 19.9 Å². The lowest BCUT2D eigenvalue weighted by Crippen LogP contribution is -2.36. The molecule has 6 rings (SSSR count). The maximum Gasteiger partial charge on any atom is 0.318 e. The molecule has 0 bridgehead atoms. The molecule has 0 N–H and O–H groups in total. The molecule has 1 aliphatic heterocycles. The molecule has 2 aromatic carbocycles. The average molecular weight is 498 g/mol. The Balaban J connectivity index is 1.48. The second kappa shape index (κ2) is 9.10. The summed E-state index contributed by atoms with van der Waals surface area (Å²) >= 11 is 0. The minimum absolute atomic E-state index is 0.00797. The maximum absolute atomic E-state index is 16.3. The maximum atomic E-state index is 16.3. The summed E-state index contributed by atoms with van der Waals surface area (Å²) in [6, 6.07) is 12.3. The number of nitrogens with zero attached hydrogens (tertiary/aromatic N) is 5. The van der Waals surface area contributed by atoms with Crippen LogP contribution in [0.1, 0.15) is 30.7 Å². The Bertz CT molecular complexity index is 1550. The average Bonchev–Trinajstić information content (AvgIpc) is 3.67. The number of carbonyl (C=O) groups is 1. The van der Waals surface area contributed by atoms with Gasteiger partial charge in [-0.1, -0.05) is 43.0 Å². The molecule has 37 heavy (non-hydrogen) atoms. The number of fused-ring (bicyclic) bond motifs is 2. The number of anilines is 1. The van der Waals surface area contributed by atoms with E-state index in [4.69, 9.17) is 4.74 Å². The van der Waals surface area contributed by atoms with Crippen molar-refractivity contribution in [3.63, 3.8) is 0 Å². The molecule has 1 atom stereocenters. The summed E-state index contributed by atoms with van der Waals surface area (Å²) in [7, 11) is 3.36. The van der Waals surface area contributed by atoms with E-state index in [1.54, 1.807) is 11.1 Å². The number of halogens is 1. The zero-order valence-electron chi connectivity index (χ0n) is 20.9. The molecule has 1 saturated heterocycles. The van der Waals surface area contributed by atoms with Crippen molar-refractivity contribution < 1.29 is 13.9 Å². The number of likely N-dealkylation sites (tertiary alicyclic amines) is 1. The number of benzene rings is 2. The SMILES string of the molecule is C=CC(=O)N1CCC(N(C)c2nc(OC)nc3c(F)c(-c4cccc5cccc(C6CC6)c45)ncc23)C1. The number of ether oxygens (including phenoxy) is 1. The Morgan fingerprint density at radius 2 is 1.97 bits per heavy atom. The number of hydrogen-bond donors (Lipinski definition) is 0. The number of pyridine rings is 1. The largest absolute Gasteiger partial charge is 0.467 e. The predicted octanol–water partition coefficient (Wildman–Crippen LogP) is 5.09. The first-order valence-corrected chi connectivity index (χ1v) is 12.6. The van der Waals surface area contributed by atoms with Crippen LogP contribution in [0.25, 0.3) is 32.9 Å². The minimum atomic E-state index is -0.499. The van der Waals surface area contributed by atoms with Crippen LogP contribution in [0.15, 0.2) is 55.3 Å². The van der Waals surface area contributed by atoms with Crippen molar-refractivity contribution >= 4 is 33.4 Å². The third kappa shape index (κ3) is 3.97. The van der Waals surface area contributed by atoms with Crippen LogP contribution in [0.5, 0.6) is 6.01 Å². The molecule has 4 aromatic rings. The molecular formula is C29H28FN5O2. The van der Waals surface area contributed by atoms with Crippen LogP contribution in [0.4, 0.5) is 10.2 Å². The molecule has 7 nitrogen and oxygen atoms in total. The quantitative estimate of drug-likeness (QED) is 0.346. The molecule has 1 amide bonds.